The normalized spacial score (nSPS) is 15.7. The quantitative estimate of drug-likeness (QED) is 0.618. The summed E-state index contributed by atoms with van der Waals surface area (Å²) >= 11 is 0. The van der Waals surface area contributed by atoms with Gasteiger partial charge in [0.25, 0.3) is 14.6 Å². The lowest BCUT2D eigenvalue weighted by molar-refractivity contribution is 0.341. The maximum Gasteiger partial charge on any atom is 0.276 e. The minimum Gasteiger partial charge on any atom is -0.493 e. The van der Waals surface area contributed by atoms with E-state index in [2.05, 4.69) is 15.2 Å². The molecule has 3 rings (SSSR count). The first kappa shape index (κ1) is 12.9. The van der Waals surface area contributed by atoms with Gasteiger partial charge in [0.15, 0.2) is 5.52 Å². The summed E-state index contributed by atoms with van der Waals surface area (Å²) in [6, 6.07) is 4.74. The lowest BCUT2D eigenvalue weighted by Gasteiger charge is -2.11. The molecule has 138 valence electrons. The molecule has 0 spiro atoms. The monoisotopic (exact) mass is 400 g/mol. The Kier molecular flexibility index (Phi) is 3.55. The molecule has 2 heterocycles. The van der Waals surface area contributed by atoms with Crippen molar-refractivity contribution < 1.29 is 20.0 Å². The molecular weight excluding hydrogens is 378 g/mol. The minimum absolute atomic E-state index is 0.0579. The average molecular weight is 401 g/mol. The molecule has 0 atom stereocenters. The van der Waals surface area contributed by atoms with Crippen molar-refractivity contribution in [2.45, 2.75) is 31.5 Å². The Morgan fingerprint density at radius 3 is 2.88 bits per heavy atom. The number of rotatable bonds is 6. The standard InChI is InChI=1S/C17H18ClN3O4S/c1-3-5-13-12-9-14(19-17(22)16(12)21-20-13)11-8-10(26(18,23)24)6-7-15(11)25-4-2/h6-9H,3-5H2,1-2H3,(H,19,22)(H,20,21)/i2D3,4D2. The van der Waals surface area contributed by atoms with E-state index < -0.39 is 28.0 Å². The smallest absolute Gasteiger partial charge is 0.276 e. The lowest BCUT2D eigenvalue weighted by atomic mass is 10.1. The molecule has 0 amide bonds. The second kappa shape index (κ2) is 7.13. The van der Waals surface area contributed by atoms with Gasteiger partial charge in [0.05, 0.1) is 19.9 Å². The fourth-order valence-corrected chi connectivity index (χ4v) is 3.46. The number of aromatic amines is 2. The summed E-state index contributed by atoms with van der Waals surface area (Å²) in [7, 11) is 1.25. The highest BCUT2D eigenvalue weighted by molar-refractivity contribution is 8.13. The summed E-state index contributed by atoms with van der Waals surface area (Å²) in [5.41, 5.74) is 0.280. The molecule has 0 aliphatic rings. The number of H-pyrrole nitrogens is 2. The number of benzene rings is 1. The average Bonchev–Trinajstić information content (AvgIpc) is 3.04. The number of nitrogens with zero attached hydrogens (tertiary/aromatic N) is 1. The maximum atomic E-state index is 12.5. The Hall–Kier alpha value is -2.32. The Balaban J connectivity index is 2.27. The van der Waals surface area contributed by atoms with Gasteiger partial charge in [-0.2, -0.15) is 5.10 Å². The highest BCUT2D eigenvalue weighted by atomic mass is 35.7. The van der Waals surface area contributed by atoms with Crippen molar-refractivity contribution in [3.05, 3.63) is 40.3 Å². The van der Waals surface area contributed by atoms with Crippen molar-refractivity contribution in [3.8, 4) is 17.0 Å². The van der Waals surface area contributed by atoms with E-state index >= 15 is 0 Å². The summed E-state index contributed by atoms with van der Waals surface area (Å²) in [6.45, 7) is -4.27. The molecule has 0 fully saturated rings. The van der Waals surface area contributed by atoms with Gasteiger partial charge in [-0.15, -0.1) is 0 Å². The molecule has 0 bridgehead atoms. The SMILES string of the molecule is [2H]C([2H])([2H])C([2H])([2H])Oc1ccc(S(=O)(=O)Cl)cc1-c1cc2c(CCC)[nH]nc2c(=O)[nH]1. The Bertz CT molecular complexity index is 1300. The zero-order valence-corrected chi connectivity index (χ0v) is 15.2. The van der Waals surface area contributed by atoms with Gasteiger partial charge in [-0.05, 0) is 37.5 Å². The fraction of sp³-hybridized carbons (Fsp3) is 0.294. The van der Waals surface area contributed by atoms with E-state index in [4.69, 9.17) is 22.3 Å². The van der Waals surface area contributed by atoms with Crippen molar-refractivity contribution in [1.29, 1.82) is 0 Å². The van der Waals surface area contributed by atoms with Crippen LogP contribution in [-0.4, -0.2) is 30.2 Å². The summed E-state index contributed by atoms with van der Waals surface area (Å²) in [5.74, 6) is -0.291. The van der Waals surface area contributed by atoms with Crippen molar-refractivity contribution in [1.82, 2.24) is 15.2 Å². The van der Waals surface area contributed by atoms with Gasteiger partial charge < -0.3 is 9.72 Å². The molecule has 0 aliphatic carbocycles. The number of hydrogen-bond donors (Lipinski definition) is 2. The largest absolute Gasteiger partial charge is 0.493 e. The Labute approximate surface area is 161 Å². The van der Waals surface area contributed by atoms with E-state index in [0.717, 1.165) is 24.6 Å². The zero-order valence-electron chi connectivity index (χ0n) is 18.6. The van der Waals surface area contributed by atoms with Crippen LogP contribution in [0.1, 0.15) is 32.7 Å². The third-order valence-corrected chi connectivity index (χ3v) is 5.17. The van der Waals surface area contributed by atoms with Crippen LogP contribution in [0.3, 0.4) is 0 Å². The number of pyridine rings is 1. The van der Waals surface area contributed by atoms with Gasteiger partial charge in [-0.3, -0.25) is 9.89 Å². The van der Waals surface area contributed by atoms with E-state index in [9.17, 15) is 13.2 Å². The van der Waals surface area contributed by atoms with Gasteiger partial charge in [-0.25, -0.2) is 8.42 Å². The Morgan fingerprint density at radius 1 is 1.38 bits per heavy atom. The summed E-state index contributed by atoms with van der Waals surface area (Å²) < 4.78 is 66.3. The molecule has 0 radical (unpaired) electrons. The molecule has 0 aliphatic heterocycles. The fourth-order valence-electron chi connectivity index (χ4n) is 2.68. The van der Waals surface area contributed by atoms with Crippen LogP contribution in [0, 0.1) is 0 Å². The lowest BCUT2D eigenvalue weighted by Crippen LogP contribution is -2.08. The number of ether oxygens (including phenoxy) is 1. The van der Waals surface area contributed by atoms with Crippen LogP contribution in [-0.2, 0) is 15.5 Å². The second-order valence-electron chi connectivity index (χ2n) is 5.53. The Morgan fingerprint density at radius 2 is 2.19 bits per heavy atom. The first-order valence-corrected chi connectivity index (χ1v) is 9.94. The number of halogens is 1. The molecule has 0 saturated carbocycles. The number of aromatic nitrogens is 3. The van der Waals surface area contributed by atoms with E-state index in [1.807, 2.05) is 6.92 Å². The zero-order chi connectivity index (χ0) is 23.2. The van der Waals surface area contributed by atoms with Gasteiger partial charge in [-0.1, -0.05) is 13.3 Å². The number of aryl methyl sites for hydroxylation is 1. The molecule has 2 aromatic heterocycles. The molecule has 0 saturated heterocycles. The molecule has 3 aromatic rings. The second-order valence-corrected chi connectivity index (χ2v) is 8.09. The van der Waals surface area contributed by atoms with E-state index in [1.165, 1.54) is 6.07 Å². The van der Waals surface area contributed by atoms with E-state index in [0.29, 0.717) is 17.5 Å². The van der Waals surface area contributed by atoms with E-state index in [1.54, 1.807) is 0 Å². The van der Waals surface area contributed by atoms with Crippen LogP contribution in [0.2, 0.25) is 0 Å². The third-order valence-electron chi connectivity index (χ3n) is 3.82. The summed E-state index contributed by atoms with van der Waals surface area (Å²) in [6.07, 6.45) is 1.37. The van der Waals surface area contributed by atoms with Gasteiger partial charge in [0, 0.05) is 31.4 Å². The number of nitrogens with one attached hydrogen (secondary N) is 2. The molecule has 9 heteroatoms. The minimum atomic E-state index is -4.18. The summed E-state index contributed by atoms with van der Waals surface area (Å²) in [4.78, 5) is 14.7. The maximum absolute atomic E-state index is 12.5. The van der Waals surface area contributed by atoms with Crippen LogP contribution < -0.4 is 10.3 Å². The van der Waals surface area contributed by atoms with Crippen molar-refractivity contribution >= 4 is 30.6 Å². The van der Waals surface area contributed by atoms with Crippen molar-refractivity contribution in [2.24, 2.45) is 0 Å². The van der Waals surface area contributed by atoms with Crippen LogP contribution in [0.25, 0.3) is 22.2 Å². The molecule has 2 N–H and O–H groups in total. The predicted molar refractivity (Wildman–Crippen MR) is 100 cm³/mol. The van der Waals surface area contributed by atoms with Gasteiger partial charge in [0.1, 0.15) is 5.75 Å². The number of fused-ring (bicyclic) bond motifs is 1. The van der Waals surface area contributed by atoms with Gasteiger partial charge in [0.2, 0.25) is 0 Å². The van der Waals surface area contributed by atoms with Crippen molar-refractivity contribution in [2.75, 3.05) is 6.56 Å². The predicted octanol–water partition coefficient (Wildman–Crippen LogP) is 3.20. The van der Waals surface area contributed by atoms with Crippen LogP contribution in [0.15, 0.2) is 34.0 Å². The molecule has 0 unspecified atom stereocenters. The highest BCUT2D eigenvalue weighted by Gasteiger charge is 2.17. The van der Waals surface area contributed by atoms with E-state index in [-0.39, 0.29) is 27.4 Å². The topological polar surface area (TPSA) is 105 Å². The molecule has 7 nitrogen and oxygen atoms in total. The van der Waals surface area contributed by atoms with Crippen molar-refractivity contribution in [3.63, 3.8) is 0 Å². The number of hydrogen-bond acceptors (Lipinski definition) is 5. The molecular formula is C17H18ClN3O4S. The third kappa shape index (κ3) is 3.47. The first-order chi connectivity index (χ1) is 14.2. The molecule has 26 heavy (non-hydrogen) atoms. The first-order valence-electron chi connectivity index (χ1n) is 10.1. The van der Waals surface area contributed by atoms with Crippen LogP contribution in [0.5, 0.6) is 5.75 Å². The molecule has 1 aromatic carbocycles. The highest BCUT2D eigenvalue weighted by Crippen LogP contribution is 2.33. The van der Waals surface area contributed by atoms with Crippen LogP contribution >= 0.6 is 10.7 Å². The van der Waals surface area contributed by atoms with Gasteiger partial charge >= 0.3 is 0 Å². The van der Waals surface area contributed by atoms with Crippen LogP contribution in [0.4, 0.5) is 0 Å². The summed E-state index contributed by atoms with van der Waals surface area (Å²) in [5, 5.41) is 7.27.